The zero-order valence-corrected chi connectivity index (χ0v) is 12.8. The highest BCUT2D eigenvalue weighted by Crippen LogP contribution is 2.25. The largest absolute Gasteiger partial charge is 0.345 e. The van der Waals surface area contributed by atoms with Crippen LogP contribution in [0.1, 0.15) is 59.3 Å². The van der Waals surface area contributed by atoms with Crippen LogP contribution >= 0.6 is 0 Å². The van der Waals surface area contributed by atoms with Crippen molar-refractivity contribution in [1.82, 2.24) is 5.32 Å². The smallest absolute Gasteiger partial charge is 0.193 e. The average molecular weight is 267 g/mol. The van der Waals surface area contributed by atoms with Crippen LogP contribution in [0, 0.1) is 0 Å². The van der Waals surface area contributed by atoms with E-state index in [0.717, 1.165) is 19.4 Å². The van der Waals surface area contributed by atoms with Gasteiger partial charge < -0.3 is 10.4 Å². The Morgan fingerprint density at radius 2 is 2.05 bits per heavy atom. The molecule has 2 N–H and O–H groups in total. The average Bonchev–Trinajstić information content (AvgIpc) is 2.82. The van der Waals surface area contributed by atoms with Crippen molar-refractivity contribution in [3.63, 3.8) is 0 Å². The first kappa shape index (κ1) is 16.3. The fourth-order valence-corrected chi connectivity index (χ4v) is 2.90. The molecule has 110 valence electrons. The van der Waals surface area contributed by atoms with Gasteiger partial charge in [0.25, 0.3) is 0 Å². The van der Waals surface area contributed by atoms with E-state index in [1.54, 1.807) is 0 Å². The van der Waals surface area contributed by atoms with Gasteiger partial charge in [0, 0.05) is 13.3 Å². The van der Waals surface area contributed by atoms with Crippen molar-refractivity contribution in [3.05, 3.63) is 24.6 Å². The second-order valence-electron chi connectivity index (χ2n) is 5.46. The van der Waals surface area contributed by atoms with Crippen LogP contribution in [0.15, 0.2) is 24.6 Å². The summed E-state index contributed by atoms with van der Waals surface area (Å²) in [6.07, 6.45) is 15.9. The standard InChI is InChI=1S/C16H31N2O/c1-4-6-7-8-9-10-11-12-16-17-13-14-18(16,5-2)15(3)19/h6-7,13-17,19H,4-5,8-12H2,1-3H3/q+1/b7-6+. The lowest BCUT2D eigenvalue weighted by Crippen LogP contribution is -2.57. The van der Waals surface area contributed by atoms with Crippen molar-refractivity contribution < 1.29 is 9.59 Å². The number of hydrogen-bond acceptors (Lipinski definition) is 2. The number of aliphatic hydroxyl groups excluding tert-OH is 1. The quantitative estimate of drug-likeness (QED) is 0.381. The van der Waals surface area contributed by atoms with E-state index in [4.69, 9.17) is 0 Å². The number of allylic oxidation sites excluding steroid dienone is 2. The minimum absolute atomic E-state index is 0.339. The Hall–Kier alpha value is -0.800. The van der Waals surface area contributed by atoms with Crippen molar-refractivity contribution in [1.29, 1.82) is 0 Å². The van der Waals surface area contributed by atoms with Gasteiger partial charge in [0.1, 0.15) is 6.20 Å². The second kappa shape index (κ2) is 8.39. The predicted octanol–water partition coefficient (Wildman–Crippen LogP) is 3.48. The fourth-order valence-electron chi connectivity index (χ4n) is 2.90. The molecular weight excluding hydrogens is 236 g/mol. The van der Waals surface area contributed by atoms with Gasteiger partial charge in [-0.15, -0.1) is 0 Å². The summed E-state index contributed by atoms with van der Waals surface area (Å²) in [6.45, 7) is 7.15. The van der Waals surface area contributed by atoms with Gasteiger partial charge in [-0.2, -0.15) is 0 Å². The number of quaternary nitrogens is 1. The summed E-state index contributed by atoms with van der Waals surface area (Å²) >= 11 is 0. The summed E-state index contributed by atoms with van der Waals surface area (Å²) in [6, 6.07) is 0. The number of aliphatic hydroxyl groups is 1. The van der Waals surface area contributed by atoms with Crippen LogP contribution in [0.3, 0.4) is 0 Å². The van der Waals surface area contributed by atoms with Gasteiger partial charge in [-0.3, -0.25) is 4.48 Å². The predicted molar refractivity (Wildman–Crippen MR) is 81.1 cm³/mol. The number of nitrogens with zero attached hydrogens (tertiary/aromatic N) is 1. The maximum Gasteiger partial charge on any atom is 0.193 e. The van der Waals surface area contributed by atoms with Crippen molar-refractivity contribution in [2.45, 2.75) is 71.7 Å². The Bertz CT molecular complexity index is 299. The molecular formula is C16H31N2O+. The Morgan fingerprint density at radius 1 is 1.26 bits per heavy atom. The Morgan fingerprint density at radius 3 is 2.68 bits per heavy atom. The van der Waals surface area contributed by atoms with E-state index in [0.29, 0.717) is 10.6 Å². The molecule has 0 bridgehead atoms. The Balaban J connectivity index is 2.27. The number of hydrogen-bond donors (Lipinski definition) is 2. The molecule has 0 spiro atoms. The highest BCUT2D eigenvalue weighted by atomic mass is 16.3. The zero-order valence-electron chi connectivity index (χ0n) is 12.8. The van der Waals surface area contributed by atoms with Gasteiger partial charge in [0.15, 0.2) is 12.4 Å². The van der Waals surface area contributed by atoms with Crippen LogP contribution in [0.5, 0.6) is 0 Å². The molecule has 0 aliphatic carbocycles. The minimum Gasteiger partial charge on any atom is -0.345 e. The monoisotopic (exact) mass is 267 g/mol. The molecule has 1 aliphatic heterocycles. The molecule has 0 aromatic heterocycles. The van der Waals surface area contributed by atoms with E-state index in [9.17, 15) is 5.11 Å². The van der Waals surface area contributed by atoms with Crippen molar-refractivity contribution in [3.8, 4) is 0 Å². The molecule has 3 nitrogen and oxygen atoms in total. The van der Waals surface area contributed by atoms with Crippen LogP contribution in [-0.4, -0.2) is 28.5 Å². The molecule has 1 aliphatic rings. The van der Waals surface area contributed by atoms with E-state index in [1.165, 1.54) is 25.7 Å². The number of unbranched alkanes of at least 4 members (excludes halogenated alkanes) is 3. The lowest BCUT2D eigenvalue weighted by molar-refractivity contribution is -0.942. The SMILES string of the molecule is CC/C=C/CCCCCC1NC=C[N+]1(CC)C(C)O. The molecule has 1 rings (SSSR count). The number of nitrogens with one attached hydrogen (secondary N) is 1. The molecule has 0 fully saturated rings. The van der Waals surface area contributed by atoms with Crippen LogP contribution < -0.4 is 5.32 Å². The molecule has 19 heavy (non-hydrogen) atoms. The second-order valence-corrected chi connectivity index (χ2v) is 5.46. The molecule has 0 saturated heterocycles. The minimum atomic E-state index is -0.339. The Kier molecular flexibility index (Phi) is 7.17. The van der Waals surface area contributed by atoms with Gasteiger partial charge >= 0.3 is 0 Å². The first-order chi connectivity index (χ1) is 9.17. The maximum absolute atomic E-state index is 10.0. The zero-order chi connectivity index (χ0) is 14.1. The van der Waals surface area contributed by atoms with E-state index in [2.05, 4.69) is 37.5 Å². The van der Waals surface area contributed by atoms with E-state index in [1.807, 2.05) is 13.1 Å². The highest BCUT2D eigenvalue weighted by molar-refractivity contribution is 4.85. The summed E-state index contributed by atoms with van der Waals surface area (Å²) in [5.74, 6) is 0. The van der Waals surface area contributed by atoms with Crippen LogP contribution in [0.25, 0.3) is 0 Å². The van der Waals surface area contributed by atoms with Gasteiger partial charge in [0.05, 0.1) is 12.7 Å². The van der Waals surface area contributed by atoms with Crippen LogP contribution in [-0.2, 0) is 0 Å². The molecule has 0 amide bonds. The van der Waals surface area contributed by atoms with Gasteiger partial charge in [0.2, 0.25) is 0 Å². The van der Waals surface area contributed by atoms with Crippen molar-refractivity contribution in [2.75, 3.05) is 6.54 Å². The summed E-state index contributed by atoms with van der Waals surface area (Å²) < 4.78 is 0.662. The summed E-state index contributed by atoms with van der Waals surface area (Å²) in [7, 11) is 0. The summed E-state index contributed by atoms with van der Waals surface area (Å²) in [5, 5.41) is 13.5. The number of rotatable bonds is 9. The molecule has 0 radical (unpaired) electrons. The van der Waals surface area contributed by atoms with Gasteiger partial charge in [-0.05, 0) is 32.6 Å². The highest BCUT2D eigenvalue weighted by Gasteiger charge is 2.40. The topological polar surface area (TPSA) is 32.3 Å². The van der Waals surface area contributed by atoms with E-state index >= 15 is 0 Å². The molecule has 1 heterocycles. The molecule has 3 heteroatoms. The van der Waals surface area contributed by atoms with E-state index < -0.39 is 0 Å². The maximum atomic E-state index is 10.0. The van der Waals surface area contributed by atoms with Gasteiger partial charge in [-0.25, -0.2) is 0 Å². The third-order valence-electron chi connectivity index (χ3n) is 4.22. The molecule has 0 saturated carbocycles. The first-order valence-electron chi connectivity index (χ1n) is 7.81. The molecule has 0 aromatic rings. The van der Waals surface area contributed by atoms with E-state index in [-0.39, 0.29) is 6.23 Å². The van der Waals surface area contributed by atoms with Crippen molar-refractivity contribution >= 4 is 0 Å². The first-order valence-corrected chi connectivity index (χ1v) is 7.81. The van der Waals surface area contributed by atoms with Crippen molar-refractivity contribution in [2.24, 2.45) is 0 Å². The lowest BCUT2D eigenvalue weighted by atomic mass is 10.1. The molecule has 3 atom stereocenters. The third-order valence-corrected chi connectivity index (χ3v) is 4.22. The summed E-state index contributed by atoms with van der Waals surface area (Å²) in [5.41, 5.74) is 0. The fraction of sp³-hybridized carbons (Fsp3) is 0.750. The van der Waals surface area contributed by atoms with Gasteiger partial charge in [-0.1, -0.05) is 25.5 Å². The van der Waals surface area contributed by atoms with Crippen LogP contribution in [0.4, 0.5) is 0 Å². The van der Waals surface area contributed by atoms with Crippen LogP contribution in [0.2, 0.25) is 0 Å². The third kappa shape index (κ3) is 4.36. The normalized spacial score (nSPS) is 27.9. The Labute approximate surface area is 118 Å². The molecule has 0 aromatic carbocycles. The molecule has 3 unspecified atom stereocenters. The summed E-state index contributed by atoms with van der Waals surface area (Å²) in [4.78, 5) is 0. The lowest BCUT2D eigenvalue weighted by Gasteiger charge is -2.39.